The van der Waals surface area contributed by atoms with Gasteiger partial charge in [0.1, 0.15) is 0 Å². The van der Waals surface area contributed by atoms with Gasteiger partial charge in [-0.2, -0.15) is 0 Å². The molecule has 0 saturated carbocycles. The lowest BCUT2D eigenvalue weighted by Gasteiger charge is -2.43. The van der Waals surface area contributed by atoms with Gasteiger partial charge in [0.15, 0.2) is 0 Å². The topological polar surface area (TPSA) is 6.48 Å². The van der Waals surface area contributed by atoms with Gasteiger partial charge in [-0.1, -0.05) is 22.0 Å². The van der Waals surface area contributed by atoms with Gasteiger partial charge in [0.2, 0.25) is 0 Å². The Morgan fingerprint density at radius 3 is 2.89 bits per heavy atom. The fraction of sp³-hybridized carbons (Fsp3) is 0.600. The molecule has 2 heterocycles. The summed E-state index contributed by atoms with van der Waals surface area (Å²) < 4.78 is 1.22. The van der Waals surface area contributed by atoms with Crippen LogP contribution in [0.1, 0.15) is 25.3 Å². The van der Waals surface area contributed by atoms with Gasteiger partial charge in [-0.15, -0.1) is 0 Å². The normalized spacial score (nSPS) is 28.5. The smallest absolute Gasteiger partial charge is 0.0389 e. The molecule has 1 aromatic rings. The first-order chi connectivity index (χ1) is 8.65. The average Bonchev–Trinajstić information content (AvgIpc) is 2.79. The lowest BCUT2D eigenvalue weighted by molar-refractivity contribution is 0.203. The van der Waals surface area contributed by atoms with E-state index in [1.807, 2.05) is 0 Å². The lowest BCUT2D eigenvalue weighted by atomic mass is 10.1. The Morgan fingerprint density at radius 1 is 1.28 bits per heavy atom. The third-order valence-electron chi connectivity index (χ3n) is 4.42. The van der Waals surface area contributed by atoms with Crippen molar-refractivity contribution in [3.05, 3.63) is 28.2 Å². The molecular formula is C15H21BrN2. The van der Waals surface area contributed by atoms with Crippen molar-refractivity contribution >= 4 is 21.6 Å². The Kier molecular flexibility index (Phi) is 3.37. The van der Waals surface area contributed by atoms with Crippen LogP contribution in [0.2, 0.25) is 0 Å². The predicted octanol–water partition coefficient (Wildman–Crippen LogP) is 3.43. The van der Waals surface area contributed by atoms with E-state index in [9.17, 15) is 0 Å². The molecular weight excluding hydrogens is 288 g/mol. The molecule has 0 aromatic heterocycles. The Bertz CT molecular complexity index is 446. The van der Waals surface area contributed by atoms with Crippen LogP contribution in [0.15, 0.2) is 22.7 Å². The van der Waals surface area contributed by atoms with Crippen LogP contribution < -0.4 is 4.90 Å². The molecule has 3 heteroatoms. The van der Waals surface area contributed by atoms with Crippen LogP contribution in [0.3, 0.4) is 0 Å². The van der Waals surface area contributed by atoms with Gasteiger partial charge in [0.05, 0.1) is 0 Å². The Hall–Kier alpha value is -0.540. The molecule has 2 fully saturated rings. The first-order valence-corrected chi connectivity index (χ1v) is 7.71. The van der Waals surface area contributed by atoms with Crippen LogP contribution in [0.25, 0.3) is 0 Å². The summed E-state index contributed by atoms with van der Waals surface area (Å²) in [7, 11) is 0. The Morgan fingerprint density at radius 2 is 2.11 bits per heavy atom. The number of rotatable bonds is 1. The Labute approximate surface area is 118 Å². The summed E-state index contributed by atoms with van der Waals surface area (Å²) in [5.41, 5.74) is 2.68. The van der Waals surface area contributed by atoms with Crippen LogP contribution in [-0.2, 0) is 0 Å². The number of benzene rings is 1. The highest BCUT2D eigenvalue weighted by atomic mass is 79.9. The molecule has 1 aromatic carbocycles. The third-order valence-corrected chi connectivity index (χ3v) is 5.28. The van der Waals surface area contributed by atoms with E-state index in [0.717, 1.165) is 6.04 Å². The van der Waals surface area contributed by atoms with Crippen LogP contribution in [0.5, 0.6) is 0 Å². The first-order valence-electron chi connectivity index (χ1n) is 6.92. The van der Waals surface area contributed by atoms with Crippen LogP contribution >= 0.6 is 15.9 Å². The van der Waals surface area contributed by atoms with Crippen molar-refractivity contribution in [2.45, 2.75) is 38.8 Å². The molecule has 18 heavy (non-hydrogen) atoms. The number of anilines is 1. The molecule has 0 aliphatic carbocycles. The fourth-order valence-electron chi connectivity index (χ4n) is 3.31. The summed E-state index contributed by atoms with van der Waals surface area (Å²) in [5, 5.41) is 0. The van der Waals surface area contributed by atoms with E-state index in [4.69, 9.17) is 0 Å². The van der Waals surface area contributed by atoms with E-state index in [1.165, 1.54) is 48.2 Å². The largest absolute Gasteiger partial charge is 0.366 e. The zero-order chi connectivity index (χ0) is 12.7. The van der Waals surface area contributed by atoms with Crippen molar-refractivity contribution in [2.24, 2.45) is 0 Å². The molecule has 3 rings (SSSR count). The van der Waals surface area contributed by atoms with Crippen LogP contribution in [0.4, 0.5) is 5.69 Å². The van der Waals surface area contributed by atoms with Crippen molar-refractivity contribution in [3.8, 4) is 0 Å². The van der Waals surface area contributed by atoms with Gasteiger partial charge in [-0.05, 0) is 50.9 Å². The summed E-state index contributed by atoms with van der Waals surface area (Å²) in [5.74, 6) is 0. The quantitative estimate of drug-likeness (QED) is 0.784. The second kappa shape index (κ2) is 4.86. The molecule has 2 saturated heterocycles. The van der Waals surface area contributed by atoms with E-state index in [2.05, 4.69) is 57.8 Å². The highest BCUT2D eigenvalue weighted by Gasteiger charge is 2.34. The maximum absolute atomic E-state index is 3.65. The molecule has 2 atom stereocenters. The molecule has 0 spiro atoms. The van der Waals surface area contributed by atoms with Crippen molar-refractivity contribution in [1.82, 2.24) is 4.90 Å². The number of fused-ring (bicyclic) bond motifs is 1. The van der Waals surface area contributed by atoms with Gasteiger partial charge < -0.3 is 4.90 Å². The van der Waals surface area contributed by atoms with Crippen LogP contribution in [0, 0.1) is 6.92 Å². The number of halogens is 1. The summed E-state index contributed by atoms with van der Waals surface area (Å²) >= 11 is 3.65. The van der Waals surface area contributed by atoms with Crippen LogP contribution in [-0.4, -0.2) is 36.6 Å². The Balaban J connectivity index is 1.84. The third kappa shape index (κ3) is 2.19. The SMILES string of the molecule is Cc1ccc(N2CC3CCCN3CC2C)cc1Br. The highest BCUT2D eigenvalue weighted by molar-refractivity contribution is 9.10. The second-order valence-corrected chi connectivity index (χ2v) is 6.58. The monoisotopic (exact) mass is 308 g/mol. The van der Waals surface area contributed by atoms with Gasteiger partial charge >= 0.3 is 0 Å². The predicted molar refractivity (Wildman–Crippen MR) is 80.3 cm³/mol. The van der Waals surface area contributed by atoms with Crippen molar-refractivity contribution in [2.75, 3.05) is 24.5 Å². The zero-order valence-electron chi connectivity index (χ0n) is 11.2. The van der Waals surface area contributed by atoms with E-state index in [1.54, 1.807) is 0 Å². The van der Waals surface area contributed by atoms with Gasteiger partial charge in [0, 0.05) is 35.3 Å². The summed E-state index contributed by atoms with van der Waals surface area (Å²) in [6.45, 7) is 8.21. The number of nitrogens with zero attached hydrogens (tertiary/aromatic N) is 2. The zero-order valence-corrected chi connectivity index (χ0v) is 12.8. The summed E-state index contributed by atoms with van der Waals surface area (Å²) in [4.78, 5) is 5.25. The highest BCUT2D eigenvalue weighted by Crippen LogP contribution is 2.30. The van der Waals surface area contributed by atoms with Crippen molar-refractivity contribution in [1.29, 1.82) is 0 Å². The minimum absolute atomic E-state index is 0.619. The van der Waals surface area contributed by atoms with E-state index in [-0.39, 0.29) is 0 Å². The molecule has 2 aliphatic heterocycles. The van der Waals surface area contributed by atoms with E-state index < -0.39 is 0 Å². The molecule has 0 N–H and O–H groups in total. The molecule has 0 radical (unpaired) electrons. The van der Waals surface area contributed by atoms with Gasteiger partial charge in [0.25, 0.3) is 0 Å². The fourth-order valence-corrected chi connectivity index (χ4v) is 3.67. The average molecular weight is 309 g/mol. The molecule has 0 bridgehead atoms. The number of hydrogen-bond acceptors (Lipinski definition) is 2. The maximum Gasteiger partial charge on any atom is 0.0389 e. The second-order valence-electron chi connectivity index (χ2n) is 5.73. The first kappa shape index (κ1) is 12.5. The van der Waals surface area contributed by atoms with Crippen molar-refractivity contribution in [3.63, 3.8) is 0 Å². The van der Waals surface area contributed by atoms with Gasteiger partial charge in [-0.3, -0.25) is 4.90 Å². The molecule has 2 nitrogen and oxygen atoms in total. The molecule has 98 valence electrons. The lowest BCUT2D eigenvalue weighted by Crippen LogP contribution is -2.55. The number of piperazine rings is 1. The molecule has 2 unspecified atom stereocenters. The molecule has 0 amide bonds. The van der Waals surface area contributed by atoms with Crippen molar-refractivity contribution < 1.29 is 0 Å². The number of aryl methyl sites for hydroxylation is 1. The number of hydrogen-bond donors (Lipinski definition) is 0. The summed E-state index contributed by atoms with van der Waals surface area (Å²) in [6.07, 6.45) is 2.75. The maximum atomic E-state index is 3.65. The molecule has 2 aliphatic rings. The minimum Gasteiger partial charge on any atom is -0.366 e. The minimum atomic E-state index is 0.619. The van der Waals surface area contributed by atoms with E-state index >= 15 is 0 Å². The van der Waals surface area contributed by atoms with Gasteiger partial charge in [-0.25, -0.2) is 0 Å². The summed E-state index contributed by atoms with van der Waals surface area (Å²) in [6, 6.07) is 8.15. The standard InChI is InChI=1S/C15H21BrN2/c1-11-5-6-13(8-15(11)16)18-10-14-4-3-7-17(14)9-12(18)2/h5-6,8,12,14H,3-4,7,9-10H2,1-2H3. The van der Waals surface area contributed by atoms with E-state index in [0.29, 0.717) is 6.04 Å².